The van der Waals surface area contributed by atoms with Crippen LogP contribution >= 0.6 is 0 Å². The third kappa shape index (κ3) is 3.38. The van der Waals surface area contributed by atoms with Crippen LogP contribution in [0, 0.1) is 5.92 Å². The zero-order valence-corrected chi connectivity index (χ0v) is 15.4. The molecule has 3 rings (SSSR count). The van der Waals surface area contributed by atoms with Gasteiger partial charge < -0.3 is 14.4 Å². The number of carbonyl (C=O) groups excluding carboxylic acids is 2. The van der Waals surface area contributed by atoms with Crippen molar-refractivity contribution in [2.75, 3.05) is 26.2 Å². The fourth-order valence-electron chi connectivity index (χ4n) is 3.25. The smallest absolute Gasteiger partial charge is 0.254 e. The number of piperazine rings is 1. The van der Waals surface area contributed by atoms with Crippen LogP contribution in [-0.2, 0) is 4.79 Å². The fraction of sp³-hybridized carbons (Fsp3) is 0.526. The lowest BCUT2D eigenvalue weighted by Crippen LogP contribution is -2.51. The van der Waals surface area contributed by atoms with Crippen molar-refractivity contribution in [3.8, 4) is 0 Å². The molecule has 1 aromatic carbocycles. The van der Waals surface area contributed by atoms with E-state index in [1.54, 1.807) is 0 Å². The molecule has 1 saturated heterocycles. The molecular weight excluding hydrogens is 316 g/mol. The van der Waals surface area contributed by atoms with Gasteiger partial charge in [-0.15, -0.1) is 0 Å². The molecule has 1 aromatic heterocycles. The largest absolute Gasteiger partial charge is 0.339 e. The highest BCUT2D eigenvalue weighted by Crippen LogP contribution is 2.20. The first-order valence-electron chi connectivity index (χ1n) is 8.93. The van der Waals surface area contributed by atoms with Crippen LogP contribution in [0.25, 0.3) is 11.0 Å². The molecule has 0 radical (unpaired) electrons. The van der Waals surface area contributed by atoms with E-state index in [9.17, 15) is 9.59 Å². The average Bonchev–Trinajstić information content (AvgIpc) is 3.04. The Hall–Kier alpha value is -2.37. The van der Waals surface area contributed by atoms with Gasteiger partial charge in [0, 0.05) is 43.7 Å². The number of nitrogens with zero attached hydrogens (tertiary/aromatic N) is 4. The second-order valence-electron chi connectivity index (χ2n) is 7.22. The van der Waals surface area contributed by atoms with Crippen molar-refractivity contribution >= 4 is 22.8 Å². The summed E-state index contributed by atoms with van der Waals surface area (Å²) < 4.78 is 2.10. The van der Waals surface area contributed by atoms with E-state index in [0.717, 1.165) is 11.0 Å². The van der Waals surface area contributed by atoms with Gasteiger partial charge in [-0.25, -0.2) is 4.98 Å². The predicted octanol–water partition coefficient (Wildman–Crippen LogP) is 2.56. The van der Waals surface area contributed by atoms with Gasteiger partial charge in [-0.3, -0.25) is 9.59 Å². The summed E-state index contributed by atoms with van der Waals surface area (Å²) in [5.41, 5.74) is 2.54. The van der Waals surface area contributed by atoms with Crippen LogP contribution in [-0.4, -0.2) is 57.3 Å². The molecule has 0 bridgehead atoms. The molecule has 0 aliphatic carbocycles. The van der Waals surface area contributed by atoms with Crippen LogP contribution in [0.2, 0.25) is 0 Å². The molecular formula is C19H26N4O2. The van der Waals surface area contributed by atoms with Crippen LogP contribution < -0.4 is 0 Å². The van der Waals surface area contributed by atoms with Gasteiger partial charge in [0.1, 0.15) is 0 Å². The van der Waals surface area contributed by atoms with Crippen molar-refractivity contribution in [1.82, 2.24) is 19.4 Å². The molecule has 0 unspecified atom stereocenters. The van der Waals surface area contributed by atoms with E-state index in [0.29, 0.717) is 37.8 Å². The van der Waals surface area contributed by atoms with E-state index in [4.69, 9.17) is 0 Å². The summed E-state index contributed by atoms with van der Waals surface area (Å²) in [6.45, 7) is 10.4. The third-order valence-corrected chi connectivity index (χ3v) is 4.75. The van der Waals surface area contributed by atoms with Gasteiger partial charge in [0.25, 0.3) is 5.91 Å². The molecule has 6 heteroatoms. The van der Waals surface area contributed by atoms with Crippen LogP contribution in [0.3, 0.4) is 0 Å². The minimum atomic E-state index is 0.000673. The number of imidazole rings is 1. The van der Waals surface area contributed by atoms with Crippen molar-refractivity contribution in [3.63, 3.8) is 0 Å². The maximum absolute atomic E-state index is 12.8. The topological polar surface area (TPSA) is 58.4 Å². The second-order valence-corrected chi connectivity index (χ2v) is 7.22. The number of fused-ring (bicyclic) bond motifs is 1. The average molecular weight is 342 g/mol. The summed E-state index contributed by atoms with van der Waals surface area (Å²) >= 11 is 0. The molecule has 2 heterocycles. The zero-order valence-electron chi connectivity index (χ0n) is 15.4. The van der Waals surface area contributed by atoms with E-state index in [1.807, 2.05) is 48.2 Å². The fourth-order valence-corrected chi connectivity index (χ4v) is 3.25. The Balaban J connectivity index is 1.72. The van der Waals surface area contributed by atoms with Crippen LogP contribution in [0.1, 0.15) is 44.1 Å². The summed E-state index contributed by atoms with van der Waals surface area (Å²) in [6, 6.07) is 6.03. The molecule has 0 atom stereocenters. The highest BCUT2D eigenvalue weighted by Gasteiger charge is 2.26. The van der Waals surface area contributed by atoms with Gasteiger partial charge in [-0.05, 0) is 32.0 Å². The van der Waals surface area contributed by atoms with Gasteiger partial charge in [0.15, 0.2) is 0 Å². The van der Waals surface area contributed by atoms with E-state index in [1.165, 1.54) is 0 Å². The van der Waals surface area contributed by atoms with Gasteiger partial charge in [-0.2, -0.15) is 0 Å². The second kappa shape index (κ2) is 6.86. The molecule has 134 valence electrons. The predicted molar refractivity (Wildman–Crippen MR) is 97.4 cm³/mol. The molecule has 1 aliphatic rings. The first-order chi connectivity index (χ1) is 11.9. The monoisotopic (exact) mass is 342 g/mol. The number of hydrogen-bond acceptors (Lipinski definition) is 3. The summed E-state index contributed by atoms with van der Waals surface area (Å²) in [4.78, 5) is 32.9. The van der Waals surface area contributed by atoms with Crippen LogP contribution in [0.15, 0.2) is 24.5 Å². The Morgan fingerprint density at radius 2 is 1.64 bits per heavy atom. The van der Waals surface area contributed by atoms with Crippen molar-refractivity contribution < 1.29 is 9.59 Å². The van der Waals surface area contributed by atoms with Crippen molar-refractivity contribution in [2.45, 2.75) is 33.7 Å². The molecule has 2 aromatic rings. The molecule has 2 amide bonds. The number of aromatic nitrogens is 2. The van der Waals surface area contributed by atoms with E-state index < -0.39 is 0 Å². The third-order valence-electron chi connectivity index (χ3n) is 4.75. The SMILES string of the molecule is CC(C)C(=O)N1CCN(C(=O)c2ccc3c(c2)ncn3C(C)C)CC1. The standard InChI is InChI=1S/C19H26N4O2/c1-13(2)18(24)21-7-9-22(10-8-21)19(25)15-5-6-17-16(11-15)20-12-23(17)14(3)4/h5-6,11-14H,7-10H2,1-4H3. The molecule has 6 nitrogen and oxygen atoms in total. The van der Waals surface area contributed by atoms with E-state index in [-0.39, 0.29) is 17.7 Å². The number of rotatable bonds is 3. The molecule has 0 saturated carbocycles. The van der Waals surface area contributed by atoms with E-state index >= 15 is 0 Å². The number of hydrogen-bond donors (Lipinski definition) is 0. The molecule has 1 fully saturated rings. The highest BCUT2D eigenvalue weighted by atomic mass is 16.2. The normalized spacial score (nSPS) is 15.4. The maximum atomic E-state index is 12.8. The molecule has 0 N–H and O–H groups in total. The first kappa shape index (κ1) is 17.5. The minimum Gasteiger partial charge on any atom is -0.339 e. The first-order valence-corrected chi connectivity index (χ1v) is 8.93. The highest BCUT2D eigenvalue weighted by molar-refractivity contribution is 5.97. The summed E-state index contributed by atoms with van der Waals surface area (Å²) in [6.07, 6.45) is 1.82. The lowest BCUT2D eigenvalue weighted by Gasteiger charge is -2.35. The van der Waals surface area contributed by atoms with Gasteiger partial charge in [0.05, 0.1) is 17.4 Å². The van der Waals surface area contributed by atoms with Crippen molar-refractivity contribution in [1.29, 1.82) is 0 Å². The molecule has 1 aliphatic heterocycles. The lowest BCUT2D eigenvalue weighted by atomic mass is 10.1. The lowest BCUT2D eigenvalue weighted by molar-refractivity contribution is -0.135. The zero-order chi connectivity index (χ0) is 18.1. The van der Waals surface area contributed by atoms with Crippen LogP contribution in [0.4, 0.5) is 0 Å². The molecule has 0 spiro atoms. The van der Waals surface area contributed by atoms with Gasteiger partial charge in [0.2, 0.25) is 5.91 Å². The summed E-state index contributed by atoms with van der Waals surface area (Å²) in [5.74, 6) is 0.172. The van der Waals surface area contributed by atoms with E-state index in [2.05, 4.69) is 23.4 Å². The van der Waals surface area contributed by atoms with Gasteiger partial charge >= 0.3 is 0 Å². The quantitative estimate of drug-likeness (QED) is 0.861. The Labute approximate surface area is 148 Å². The Morgan fingerprint density at radius 3 is 2.24 bits per heavy atom. The summed E-state index contributed by atoms with van der Waals surface area (Å²) in [7, 11) is 0. The Morgan fingerprint density at radius 1 is 1.00 bits per heavy atom. The van der Waals surface area contributed by atoms with Crippen molar-refractivity contribution in [3.05, 3.63) is 30.1 Å². The minimum absolute atomic E-state index is 0.000673. The summed E-state index contributed by atoms with van der Waals surface area (Å²) in [5, 5.41) is 0. The number of carbonyl (C=O) groups is 2. The number of amides is 2. The van der Waals surface area contributed by atoms with Gasteiger partial charge in [-0.1, -0.05) is 13.8 Å². The molecule has 25 heavy (non-hydrogen) atoms. The van der Waals surface area contributed by atoms with Crippen molar-refractivity contribution in [2.24, 2.45) is 5.92 Å². The maximum Gasteiger partial charge on any atom is 0.254 e. The Bertz CT molecular complexity index is 786. The Kier molecular flexibility index (Phi) is 4.79. The van der Waals surface area contributed by atoms with Crippen LogP contribution in [0.5, 0.6) is 0 Å². The number of benzene rings is 1.